The zero-order chi connectivity index (χ0) is 48.6. The summed E-state index contributed by atoms with van der Waals surface area (Å²) in [5, 5.41) is 0. The number of allylic oxidation sites excluding steroid dienone is 6. The van der Waals surface area contributed by atoms with E-state index in [2.05, 4.69) is 57.2 Å². The Morgan fingerprint density at radius 3 is 0.910 bits per heavy atom. The van der Waals surface area contributed by atoms with E-state index in [1.165, 1.54) is 186 Å². The van der Waals surface area contributed by atoms with Crippen molar-refractivity contribution < 1.29 is 28.6 Å². The Bertz CT molecular complexity index is 1130. The van der Waals surface area contributed by atoms with Gasteiger partial charge in [-0.1, -0.05) is 263 Å². The molecule has 67 heavy (non-hydrogen) atoms. The Morgan fingerprint density at radius 1 is 0.299 bits per heavy atom. The summed E-state index contributed by atoms with van der Waals surface area (Å²) >= 11 is 0. The van der Waals surface area contributed by atoms with Gasteiger partial charge in [-0.15, -0.1) is 0 Å². The van der Waals surface area contributed by atoms with Crippen molar-refractivity contribution in [2.45, 2.75) is 322 Å². The highest BCUT2D eigenvalue weighted by molar-refractivity contribution is 5.71. The summed E-state index contributed by atoms with van der Waals surface area (Å²) in [4.78, 5) is 38.1. The Morgan fingerprint density at radius 2 is 0.552 bits per heavy atom. The molecule has 0 N–H and O–H groups in total. The monoisotopic (exact) mass is 941 g/mol. The van der Waals surface area contributed by atoms with Crippen molar-refractivity contribution in [3.05, 3.63) is 36.5 Å². The van der Waals surface area contributed by atoms with Gasteiger partial charge in [0.05, 0.1) is 0 Å². The lowest BCUT2D eigenvalue weighted by Crippen LogP contribution is -2.30. The van der Waals surface area contributed by atoms with Gasteiger partial charge < -0.3 is 14.2 Å². The molecule has 0 aromatic carbocycles. The van der Waals surface area contributed by atoms with Gasteiger partial charge in [-0.2, -0.15) is 0 Å². The lowest BCUT2D eigenvalue weighted by Gasteiger charge is -2.18. The van der Waals surface area contributed by atoms with Gasteiger partial charge in [-0.3, -0.25) is 14.4 Å². The molecule has 0 fully saturated rings. The molecule has 0 bridgehead atoms. The third-order valence-corrected chi connectivity index (χ3v) is 13.1. The van der Waals surface area contributed by atoms with Gasteiger partial charge in [0.1, 0.15) is 13.2 Å². The fraction of sp³-hybridized carbons (Fsp3) is 0.852. The number of carbonyl (C=O) groups excluding carboxylic acids is 3. The van der Waals surface area contributed by atoms with Crippen LogP contribution in [-0.2, 0) is 28.6 Å². The molecule has 6 nitrogen and oxygen atoms in total. The molecule has 0 aliphatic carbocycles. The van der Waals surface area contributed by atoms with E-state index in [0.29, 0.717) is 19.3 Å². The molecule has 0 amide bonds. The summed E-state index contributed by atoms with van der Waals surface area (Å²) < 4.78 is 16.8. The minimum Gasteiger partial charge on any atom is -0.462 e. The molecular weight excluding hydrogens is 829 g/mol. The van der Waals surface area contributed by atoms with E-state index in [0.717, 1.165) is 89.9 Å². The fourth-order valence-corrected chi connectivity index (χ4v) is 8.63. The van der Waals surface area contributed by atoms with Crippen LogP contribution in [0.1, 0.15) is 316 Å². The molecule has 392 valence electrons. The summed E-state index contributed by atoms with van der Waals surface area (Å²) in [7, 11) is 0. The van der Waals surface area contributed by atoms with Gasteiger partial charge in [0, 0.05) is 19.3 Å². The molecule has 0 radical (unpaired) electrons. The van der Waals surface area contributed by atoms with E-state index in [9.17, 15) is 14.4 Å². The molecule has 0 aliphatic rings. The molecular formula is C61H112O6. The second-order valence-corrected chi connectivity index (χ2v) is 19.9. The van der Waals surface area contributed by atoms with Crippen LogP contribution in [0.2, 0.25) is 0 Å². The Hall–Kier alpha value is -2.37. The molecule has 0 aromatic heterocycles. The number of unbranched alkanes of at least 4 members (excludes halogenated alkanes) is 37. The van der Waals surface area contributed by atoms with E-state index in [-0.39, 0.29) is 31.1 Å². The maximum absolute atomic E-state index is 12.8. The van der Waals surface area contributed by atoms with Crippen molar-refractivity contribution in [2.24, 2.45) is 0 Å². The average Bonchev–Trinajstić information content (AvgIpc) is 3.33. The molecule has 0 saturated carbocycles. The predicted molar refractivity (Wildman–Crippen MR) is 289 cm³/mol. The molecule has 0 heterocycles. The van der Waals surface area contributed by atoms with Crippen LogP contribution in [0.5, 0.6) is 0 Å². The van der Waals surface area contributed by atoms with Gasteiger partial charge >= 0.3 is 17.9 Å². The predicted octanol–water partition coefficient (Wildman–Crippen LogP) is 19.7. The van der Waals surface area contributed by atoms with Crippen molar-refractivity contribution in [1.29, 1.82) is 0 Å². The van der Waals surface area contributed by atoms with Crippen LogP contribution in [0.3, 0.4) is 0 Å². The highest BCUT2D eigenvalue weighted by Gasteiger charge is 2.19. The van der Waals surface area contributed by atoms with Gasteiger partial charge in [0.25, 0.3) is 0 Å². The summed E-state index contributed by atoms with van der Waals surface area (Å²) in [6.07, 6.45) is 67.2. The smallest absolute Gasteiger partial charge is 0.306 e. The number of ether oxygens (including phenoxy) is 3. The molecule has 0 rings (SSSR count). The standard InChI is InChI=1S/C61H112O6/c1-4-7-10-13-16-19-22-24-26-27-28-29-30-31-32-33-35-36-39-42-45-48-51-54-60(63)66-57-58(56-65-59(62)53-50-47-44-41-38-21-18-15-12-9-6-3)67-61(64)55-52-49-46-43-40-37-34-25-23-20-17-14-11-8-5-2/h15,17-18,20,25,34,58H,4-14,16,19,21-24,26-33,35-57H2,1-3H3/b18-15-,20-17-,34-25-. The van der Waals surface area contributed by atoms with Crippen LogP contribution in [0, 0.1) is 0 Å². The third kappa shape index (κ3) is 54.4. The van der Waals surface area contributed by atoms with E-state index >= 15 is 0 Å². The number of esters is 3. The second-order valence-electron chi connectivity index (χ2n) is 19.9. The highest BCUT2D eigenvalue weighted by atomic mass is 16.6. The van der Waals surface area contributed by atoms with Gasteiger partial charge in [0.15, 0.2) is 6.10 Å². The molecule has 1 atom stereocenters. The SMILES string of the molecule is CCCC/C=C\CCCCCCCC(=O)OCC(COC(=O)CCCCCCCCCCCCCCCCCCCCCCCCC)OC(=O)CCCCCCC/C=C\C/C=C\CCCCC. The van der Waals surface area contributed by atoms with E-state index in [1.54, 1.807) is 0 Å². The van der Waals surface area contributed by atoms with Crippen LogP contribution < -0.4 is 0 Å². The van der Waals surface area contributed by atoms with Crippen LogP contribution in [0.25, 0.3) is 0 Å². The maximum Gasteiger partial charge on any atom is 0.306 e. The van der Waals surface area contributed by atoms with E-state index < -0.39 is 6.10 Å². The van der Waals surface area contributed by atoms with E-state index in [4.69, 9.17) is 14.2 Å². The zero-order valence-corrected chi connectivity index (χ0v) is 44.9. The normalized spacial score (nSPS) is 12.2. The lowest BCUT2D eigenvalue weighted by molar-refractivity contribution is -0.167. The van der Waals surface area contributed by atoms with Gasteiger partial charge in [-0.05, 0) is 70.6 Å². The number of hydrogen-bond acceptors (Lipinski definition) is 6. The third-order valence-electron chi connectivity index (χ3n) is 13.1. The first kappa shape index (κ1) is 64.6. The topological polar surface area (TPSA) is 78.9 Å². The molecule has 1 unspecified atom stereocenters. The molecule has 0 spiro atoms. The van der Waals surface area contributed by atoms with Gasteiger partial charge in [-0.25, -0.2) is 0 Å². The Labute approximate surface area is 416 Å². The lowest BCUT2D eigenvalue weighted by atomic mass is 10.0. The number of hydrogen-bond donors (Lipinski definition) is 0. The van der Waals surface area contributed by atoms with Crippen LogP contribution >= 0.6 is 0 Å². The summed E-state index contributed by atoms with van der Waals surface area (Å²) in [5.74, 6) is -0.885. The largest absolute Gasteiger partial charge is 0.462 e. The zero-order valence-electron chi connectivity index (χ0n) is 44.9. The summed E-state index contributed by atoms with van der Waals surface area (Å²) in [6, 6.07) is 0. The average molecular weight is 942 g/mol. The molecule has 0 aliphatic heterocycles. The first-order chi connectivity index (χ1) is 33.0. The number of rotatable bonds is 54. The van der Waals surface area contributed by atoms with Crippen LogP contribution in [0.4, 0.5) is 0 Å². The minimum absolute atomic E-state index is 0.0771. The summed E-state index contributed by atoms with van der Waals surface area (Å²) in [6.45, 7) is 6.60. The Balaban J connectivity index is 4.23. The molecule has 0 saturated heterocycles. The minimum atomic E-state index is -0.780. The quantitative estimate of drug-likeness (QED) is 0.0262. The Kier molecular flexibility index (Phi) is 54.2. The number of carbonyl (C=O) groups is 3. The van der Waals surface area contributed by atoms with Crippen molar-refractivity contribution in [3.63, 3.8) is 0 Å². The van der Waals surface area contributed by atoms with Crippen molar-refractivity contribution in [2.75, 3.05) is 13.2 Å². The van der Waals surface area contributed by atoms with Crippen molar-refractivity contribution >= 4 is 17.9 Å². The first-order valence-electron chi connectivity index (χ1n) is 29.5. The highest BCUT2D eigenvalue weighted by Crippen LogP contribution is 2.17. The van der Waals surface area contributed by atoms with Crippen LogP contribution in [0.15, 0.2) is 36.5 Å². The fourth-order valence-electron chi connectivity index (χ4n) is 8.63. The first-order valence-corrected chi connectivity index (χ1v) is 29.5. The van der Waals surface area contributed by atoms with E-state index in [1.807, 2.05) is 0 Å². The molecule has 0 aromatic rings. The second kappa shape index (κ2) is 56.2. The van der Waals surface area contributed by atoms with Gasteiger partial charge in [0.2, 0.25) is 0 Å². The maximum atomic E-state index is 12.8. The van der Waals surface area contributed by atoms with Crippen LogP contribution in [-0.4, -0.2) is 37.2 Å². The molecule has 6 heteroatoms. The van der Waals surface area contributed by atoms with Crippen molar-refractivity contribution in [3.8, 4) is 0 Å². The summed E-state index contributed by atoms with van der Waals surface area (Å²) in [5.41, 5.74) is 0. The van der Waals surface area contributed by atoms with Crippen molar-refractivity contribution in [1.82, 2.24) is 0 Å².